The molecule has 0 unspecified atom stereocenters. The molecule has 7 rings (SSSR count). The number of para-hydroxylation sites is 3. The molecule has 8 heteroatoms. The van der Waals surface area contributed by atoms with E-state index in [0.717, 1.165) is 62.6 Å². The number of carbonyl (C=O) groups excluding carboxylic acids is 1. The molecule has 1 N–H and O–H groups in total. The molecule has 2 aliphatic rings. The van der Waals surface area contributed by atoms with Crippen molar-refractivity contribution in [1.82, 2.24) is 0 Å². The minimum absolute atomic E-state index is 0. The molecule has 2 heterocycles. The second kappa shape index (κ2) is 15.3. The van der Waals surface area contributed by atoms with Gasteiger partial charge in [-0.2, -0.15) is 4.57 Å². The molecule has 0 amide bonds. The van der Waals surface area contributed by atoms with Crippen molar-refractivity contribution in [2.24, 2.45) is 0 Å². The van der Waals surface area contributed by atoms with Gasteiger partial charge in [-0.25, -0.2) is 0 Å². The highest BCUT2D eigenvalue weighted by Gasteiger charge is 2.37. The van der Waals surface area contributed by atoms with Gasteiger partial charge in [0.2, 0.25) is 5.52 Å². The van der Waals surface area contributed by atoms with Gasteiger partial charge in [0, 0.05) is 52.6 Å². The number of nitrogens with zero attached hydrogens (tertiary/aromatic N) is 3. The number of fused-ring (bicyclic) bond motifs is 2. The Morgan fingerprint density at radius 3 is 2.11 bits per heavy atom. The van der Waals surface area contributed by atoms with Crippen LogP contribution >= 0.6 is 23.1 Å². The highest BCUT2D eigenvalue weighted by Crippen LogP contribution is 2.46. The van der Waals surface area contributed by atoms with Gasteiger partial charge >= 0.3 is 0 Å². The van der Waals surface area contributed by atoms with Crippen molar-refractivity contribution in [3.63, 3.8) is 0 Å². The van der Waals surface area contributed by atoms with Gasteiger partial charge in [-0.3, -0.25) is 4.79 Å². The lowest BCUT2D eigenvalue weighted by molar-refractivity contribution is -0.659. The molecule has 0 saturated heterocycles. The molecule has 1 aromatic heterocycles. The number of halogens is 1. The van der Waals surface area contributed by atoms with E-state index in [1.807, 2.05) is 30.3 Å². The van der Waals surface area contributed by atoms with E-state index in [2.05, 4.69) is 112 Å². The average molecular weight is 725 g/mol. The Morgan fingerprint density at radius 1 is 0.809 bits per heavy atom. The summed E-state index contributed by atoms with van der Waals surface area (Å²) in [6.07, 6.45) is 4.13. The molecule has 5 nitrogen and oxygen atoms in total. The van der Waals surface area contributed by atoms with Crippen molar-refractivity contribution in [2.45, 2.75) is 26.6 Å². The number of ketones is 1. The molecule has 5 aromatic rings. The maximum atomic E-state index is 14.1. The summed E-state index contributed by atoms with van der Waals surface area (Å²) in [6.45, 7) is 4.07. The number of thiazole rings is 1. The number of hydrogen-bond acceptors (Lipinski definition) is 6. The number of allylic oxidation sites excluding steroid dienone is 3. The van der Waals surface area contributed by atoms with Crippen LogP contribution in [0.2, 0.25) is 0 Å². The fourth-order valence-electron chi connectivity index (χ4n) is 6.06. The number of aliphatic hydroxyl groups excluding tert-OH is 1. The monoisotopic (exact) mass is 723 g/mol. The zero-order chi connectivity index (χ0) is 30.8. The van der Waals surface area contributed by atoms with E-state index in [0.29, 0.717) is 6.54 Å². The summed E-state index contributed by atoms with van der Waals surface area (Å²) in [5, 5.41) is 11.0. The van der Waals surface area contributed by atoms with Crippen LogP contribution in [0.1, 0.15) is 30.5 Å². The molecule has 0 radical (unpaired) electrons. The fourth-order valence-corrected chi connectivity index (χ4v) is 8.28. The Labute approximate surface area is 296 Å². The lowest BCUT2D eigenvalue weighted by Crippen LogP contribution is -3.00. The van der Waals surface area contributed by atoms with E-state index in [1.54, 1.807) is 23.1 Å². The second-order valence-corrected chi connectivity index (χ2v) is 13.0. The molecule has 1 aliphatic carbocycles. The number of anilines is 2. The first-order chi connectivity index (χ1) is 22.2. The fraction of sp³-hybridized carbons (Fsp3) is 0.179. The van der Waals surface area contributed by atoms with Crippen LogP contribution in [-0.2, 0) is 17.1 Å². The Bertz CT molecular complexity index is 1970. The van der Waals surface area contributed by atoms with Gasteiger partial charge in [-0.15, -0.1) is 11.8 Å². The SMILES string of the molecule is C.CCN1C(=CC2=C(SCc3ccccc3)C(=Cc3sc4ccccc4[n+]3Cc3ccccc3)C2=O)N(CCO)c2ccccc21.[Br-]. The maximum absolute atomic E-state index is 14.1. The summed E-state index contributed by atoms with van der Waals surface area (Å²) < 4.78 is 3.51. The molecule has 0 fully saturated rings. The van der Waals surface area contributed by atoms with Gasteiger partial charge in [-0.05, 0) is 36.8 Å². The Morgan fingerprint density at radius 2 is 1.43 bits per heavy atom. The van der Waals surface area contributed by atoms with Gasteiger partial charge in [0.1, 0.15) is 10.5 Å². The summed E-state index contributed by atoms with van der Waals surface area (Å²) in [5.74, 6) is 1.74. The lowest BCUT2D eigenvalue weighted by Gasteiger charge is -2.28. The van der Waals surface area contributed by atoms with Crippen LogP contribution in [0.15, 0.2) is 137 Å². The lowest BCUT2D eigenvalue weighted by atomic mass is 9.89. The van der Waals surface area contributed by atoms with E-state index in [4.69, 9.17) is 0 Å². The number of β-amino-alcohol motifs (C(OH)–C–C–N with tert-alkyl or cyclic N) is 1. The number of aliphatic hydroxyl groups is 1. The first-order valence-electron chi connectivity index (χ1n) is 15.3. The smallest absolute Gasteiger partial charge is 0.263 e. The van der Waals surface area contributed by atoms with Crippen molar-refractivity contribution in [1.29, 1.82) is 0 Å². The average Bonchev–Trinajstić information content (AvgIpc) is 3.58. The summed E-state index contributed by atoms with van der Waals surface area (Å²) >= 11 is 3.44. The molecule has 47 heavy (non-hydrogen) atoms. The van der Waals surface area contributed by atoms with Gasteiger partial charge in [0.25, 0.3) is 5.01 Å². The number of hydrogen-bond donors (Lipinski definition) is 1. The number of Topliss-reactive ketones (excluding diaryl/α,β-unsaturated/α-hetero) is 1. The Balaban J connectivity index is 0.00000217. The standard InChI is InChI=1S/C38H34N3O2S2.CH4.BrH/c1-2-39-31-17-9-10-18-32(31)40(21-22-42)35(39)23-29-37(43)30(38(29)44-26-28-15-7-4-8-16-28)24-36-41(25-27-13-5-3-6-14-27)33-19-11-12-20-34(33)45-36;;/h3-20,23-24,42H,2,21-22,25-26H2,1H3;1H4;1H/q+1;;/p-1. The largest absolute Gasteiger partial charge is 1.00 e. The van der Waals surface area contributed by atoms with Crippen molar-refractivity contribution >= 4 is 56.5 Å². The Kier molecular flexibility index (Phi) is 11.2. The topological polar surface area (TPSA) is 47.7 Å². The predicted molar refractivity (Wildman–Crippen MR) is 194 cm³/mol. The molecular weight excluding hydrogens is 686 g/mol. The molecule has 4 aromatic carbocycles. The van der Waals surface area contributed by atoms with E-state index in [-0.39, 0.29) is 36.8 Å². The minimum Gasteiger partial charge on any atom is -1.00 e. The minimum atomic E-state index is 0. The van der Waals surface area contributed by atoms with Crippen LogP contribution in [0.3, 0.4) is 0 Å². The predicted octanol–water partition coefficient (Wildman–Crippen LogP) is 5.21. The van der Waals surface area contributed by atoms with E-state index < -0.39 is 0 Å². The number of aromatic nitrogens is 1. The third kappa shape index (κ3) is 6.74. The van der Waals surface area contributed by atoms with E-state index in [1.165, 1.54) is 15.8 Å². The van der Waals surface area contributed by atoms with Crippen LogP contribution in [0.25, 0.3) is 16.3 Å². The van der Waals surface area contributed by atoms with Crippen molar-refractivity contribution < 1.29 is 31.4 Å². The number of benzene rings is 4. The van der Waals surface area contributed by atoms with Gasteiger partial charge < -0.3 is 31.9 Å². The molecule has 0 saturated carbocycles. The number of thioether (sulfide) groups is 1. The van der Waals surface area contributed by atoms with Crippen LogP contribution in [0, 0.1) is 0 Å². The second-order valence-electron chi connectivity index (χ2n) is 11.0. The summed E-state index contributed by atoms with van der Waals surface area (Å²) in [7, 11) is 0. The Hall–Kier alpha value is -3.95. The maximum Gasteiger partial charge on any atom is 0.263 e. The van der Waals surface area contributed by atoms with E-state index >= 15 is 0 Å². The first kappa shape index (κ1) is 34.4. The van der Waals surface area contributed by atoms with Gasteiger partial charge in [-0.1, -0.05) is 104 Å². The van der Waals surface area contributed by atoms with Crippen molar-refractivity contribution in [3.8, 4) is 0 Å². The van der Waals surface area contributed by atoms with Crippen LogP contribution in [0.4, 0.5) is 11.4 Å². The van der Waals surface area contributed by atoms with Gasteiger partial charge in [0.05, 0.1) is 18.0 Å². The molecular formula is C39H38BrN3O2S2. The zero-order valence-corrected chi connectivity index (χ0v) is 28.7. The van der Waals surface area contributed by atoms with Crippen molar-refractivity contribution in [3.05, 3.63) is 153 Å². The first-order valence-corrected chi connectivity index (χ1v) is 17.1. The molecule has 240 valence electrons. The molecule has 0 bridgehead atoms. The molecule has 0 atom stereocenters. The third-order valence-electron chi connectivity index (χ3n) is 8.22. The summed E-state index contributed by atoms with van der Waals surface area (Å²) in [6, 6.07) is 37.6. The number of carbonyl (C=O) groups is 1. The highest BCUT2D eigenvalue weighted by atomic mass is 79.9. The third-order valence-corrected chi connectivity index (χ3v) is 10.5. The normalized spacial score (nSPS) is 15.6. The highest BCUT2D eigenvalue weighted by molar-refractivity contribution is 8.02. The molecule has 0 spiro atoms. The zero-order valence-electron chi connectivity index (χ0n) is 25.5. The van der Waals surface area contributed by atoms with E-state index in [9.17, 15) is 9.90 Å². The molecule has 1 aliphatic heterocycles. The van der Waals surface area contributed by atoms with Crippen molar-refractivity contribution in [2.75, 3.05) is 29.5 Å². The number of rotatable bonds is 10. The van der Waals surface area contributed by atoms with Gasteiger partial charge in [0.15, 0.2) is 12.3 Å². The summed E-state index contributed by atoms with van der Waals surface area (Å²) in [5.41, 5.74) is 7.21. The summed E-state index contributed by atoms with van der Waals surface area (Å²) in [4.78, 5) is 19.5. The van der Waals surface area contributed by atoms with Crippen LogP contribution in [0.5, 0.6) is 0 Å². The van der Waals surface area contributed by atoms with Crippen LogP contribution in [-0.4, -0.2) is 30.6 Å². The van der Waals surface area contributed by atoms with Crippen LogP contribution < -0.4 is 31.3 Å². The quantitative estimate of drug-likeness (QED) is 0.159.